The lowest BCUT2D eigenvalue weighted by atomic mass is 10.0. The number of aromatic nitrogens is 2. The second-order valence-electron chi connectivity index (χ2n) is 7.52. The Bertz CT molecular complexity index is 971. The summed E-state index contributed by atoms with van der Waals surface area (Å²) in [4.78, 5) is 33.6. The van der Waals surface area contributed by atoms with Crippen molar-refractivity contribution in [2.45, 2.75) is 38.8 Å². The lowest BCUT2D eigenvalue weighted by Gasteiger charge is -2.19. The maximum absolute atomic E-state index is 12.8. The molecule has 28 heavy (non-hydrogen) atoms. The summed E-state index contributed by atoms with van der Waals surface area (Å²) in [6, 6.07) is 5.14. The van der Waals surface area contributed by atoms with Gasteiger partial charge in [0, 0.05) is 49.1 Å². The monoisotopic (exact) mass is 383 g/mol. The van der Waals surface area contributed by atoms with Crippen LogP contribution in [0.15, 0.2) is 23.0 Å². The molecule has 0 bridgehead atoms. The lowest BCUT2D eigenvalue weighted by Crippen LogP contribution is -2.45. The van der Waals surface area contributed by atoms with E-state index < -0.39 is 0 Å². The van der Waals surface area contributed by atoms with Crippen LogP contribution in [0.5, 0.6) is 5.75 Å². The van der Waals surface area contributed by atoms with Crippen LogP contribution < -0.4 is 25.8 Å². The van der Waals surface area contributed by atoms with E-state index in [0.29, 0.717) is 24.6 Å². The van der Waals surface area contributed by atoms with Gasteiger partial charge in [-0.25, -0.2) is 4.98 Å². The van der Waals surface area contributed by atoms with Gasteiger partial charge in [-0.2, -0.15) is 0 Å². The van der Waals surface area contributed by atoms with Gasteiger partial charge >= 0.3 is 0 Å². The van der Waals surface area contributed by atoms with Crippen LogP contribution in [0.25, 0.3) is 0 Å². The SMILES string of the molecule is COc1cc(C)c2c(c1)NC(C(=O)NC1CCN(c3nc(C)cc(=O)[nH]3)C1)C2. The Morgan fingerprint density at radius 2 is 2.14 bits per heavy atom. The molecule has 2 atom stereocenters. The highest BCUT2D eigenvalue weighted by molar-refractivity contribution is 5.88. The van der Waals surface area contributed by atoms with E-state index in [9.17, 15) is 9.59 Å². The van der Waals surface area contributed by atoms with Crippen LogP contribution >= 0.6 is 0 Å². The normalized spacial score (nSPS) is 20.6. The molecule has 2 aromatic rings. The zero-order valence-electron chi connectivity index (χ0n) is 16.3. The van der Waals surface area contributed by atoms with Gasteiger partial charge in [0.05, 0.1) is 7.11 Å². The molecule has 1 saturated heterocycles. The van der Waals surface area contributed by atoms with Crippen molar-refractivity contribution in [2.75, 3.05) is 30.4 Å². The summed E-state index contributed by atoms with van der Waals surface area (Å²) < 4.78 is 5.32. The fraction of sp³-hybridized carbons (Fsp3) is 0.450. The Morgan fingerprint density at radius 1 is 1.32 bits per heavy atom. The number of anilines is 2. The molecule has 4 rings (SSSR count). The van der Waals surface area contributed by atoms with Crippen molar-refractivity contribution in [1.29, 1.82) is 0 Å². The van der Waals surface area contributed by atoms with E-state index in [1.807, 2.05) is 24.0 Å². The Labute approximate surface area is 163 Å². The number of H-pyrrole nitrogens is 1. The second-order valence-corrected chi connectivity index (χ2v) is 7.52. The summed E-state index contributed by atoms with van der Waals surface area (Å²) in [5, 5.41) is 6.45. The molecule has 8 heteroatoms. The minimum absolute atomic E-state index is 0.00730. The number of rotatable bonds is 4. The Kier molecular flexibility index (Phi) is 4.70. The number of benzene rings is 1. The highest BCUT2D eigenvalue weighted by Crippen LogP contribution is 2.33. The van der Waals surface area contributed by atoms with E-state index >= 15 is 0 Å². The van der Waals surface area contributed by atoms with Crippen LogP contribution in [0.4, 0.5) is 11.6 Å². The van der Waals surface area contributed by atoms with Crippen molar-refractivity contribution in [3.8, 4) is 5.75 Å². The minimum Gasteiger partial charge on any atom is -0.497 e. The molecule has 0 radical (unpaired) electrons. The second kappa shape index (κ2) is 7.18. The predicted molar refractivity (Wildman–Crippen MR) is 107 cm³/mol. The van der Waals surface area contributed by atoms with Gasteiger partial charge in [0.25, 0.3) is 5.56 Å². The van der Waals surface area contributed by atoms with Gasteiger partial charge in [-0.3, -0.25) is 14.6 Å². The molecule has 3 N–H and O–H groups in total. The van der Waals surface area contributed by atoms with Crippen LogP contribution in [-0.4, -0.2) is 48.2 Å². The van der Waals surface area contributed by atoms with Gasteiger partial charge in [0.1, 0.15) is 11.8 Å². The van der Waals surface area contributed by atoms with E-state index in [1.54, 1.807) is 14.0 Å². The van der Waals surface area contributed by atoms with Crippen molar-refractivity contribution in [3.63, 3.8) is 0 Å². The van der Waals surface area contributed by atoms with Crippen molar-refractivity contribution in [2.24, 2.45) is 0 Å². The average Bonchev–Trinajstić information content (AvgIpc) is 3.28. The molecular formula is C20H25N5O3. The largest absolute Gasteiger partial charge is 0.497 e. The molecule has 1 aromatic heterocycles. The van der Waals surface area contributed by atoms with Gasteiger partial charge in [-0.1, -0.05) is 0 Å². The number of ether oxygens (including phenoxy) is 1. The standard InChI is InChI=1S/C20H25N5O3/c1-11-6-14(28-3)8-16-15(11)9-17(23-16)19(27)22-13-4-5-25(10-13)20-21-12(2)7-18(26)24-20/h6-8,13,17,23H,4-5,9-10H2,1-3H3,(H,22,27)(H,21,24,26). The molecule has 2 aliphatic rings. The van der Waals surface area contributed by atoms with Crippen molar-refractivity contribution in [3.05, 3.63) is 45.4 Å². The van der Waals surface area contributed by atoms with Gasteiger partial charge in [-0.05, 0) is 37.5 Å². The van der Waals surface area contributed by atoms with Crippen LogP contribution in [0, 0.1) is 13.8 Å². The molecule has 0 spiro atoms. The first-order chi connectivity index (χ1) is 13.4. The van der Waals surface area contributed by atoms with E-state index in [1.165, 1.54) is 6.07 Å². The number of nitrogens with one attached hydrogen (secondary N) is 3. The first kappa shape index (κ1) is 18.3. The Balaban J connectivity index is 1.38. The number of nitrogens with zero attached hydrogens (tertiary/aromatic N) is 2. The van der Waals surface area contributed by atoms with Crippen molar-refractivity contribution in [1.82, 2.24) is 15.3 Å². The summed E-state index contributed by atoms with van der Waals surface area (Å²) in [6.45, 7) is 5.21. The van der Waals surface area contributed by atoms with E-state index in [4.69, 9.17) is 4.74 Å². The molecule has 1 amide bonds. The number of carbonyl (C=O) groups is 1. The lowest BCUT2D eigenvalue weighted by molar-refractivity contribution is -0.122. The number of aryl methyl sites for hydroxylation is 2. The Morgan fingerprint density at radius 3 is 2.89 bits per heavy atom. The number of fused-ring (bicyclic) bond motifs is 1. The molecule has 3 heterocycles. The Hall–Kier alpha value is -3.03. The highest BCUT2D eigenvalue weighted by Gasteiger charge is 2.32. The predicted octanol–water partition coefficient (Wildman–Crippen LogP) is 1.13. The molecule has 1 fully saturated rings. The number of hydrogen-bond acceptors (Lipinski definition) is 6. The zero-order valence-corrected chi connectivity index (χ0v) is 16.3. The molecule has 2 aliphatic heterocycles. The summed E-state index contributed by atoms with van der Waals surface area (Å²) >= 11 is 0. The fourth-order valence-electron chi connectivity index (χ4n) is 3.99. The molecule has 0 aliphatic carbocycles. The first-order valence-electron chi connectivity index (χ1n) is 9.50. The minimum atomic E-state index is -0.285. The van der Waals surface area contributed by atoms with Gasteiger partial charge < -0.3 is 20.3 Å². The molecular weight excluding hydrogens is 358 g/mol. The molecule has 1 aromatic carbocycles. The number of methoxy groups -OCH3 is 1. The van der Waals surface area contributed by atoms with Gasteiger partial charge in [0.15, 0.2) is 0 Å². The van der Waals surface area contributed by atoms with E-state index in [0.717, 1.165) is 35.5 Å². The third-order valence-corrected chi connectivity index (χ3v) is 5.43. The van der Waals surface area contributed by atoms with Crippen LogP contribution in [0.2, 0.25) is 0 Å². The summed E-state index contributed by atoms with van der Waals surface area (Å²) in [6.07, 6.45) is 1.48. The third kappa shape index (κ3) is 3.54. The van der Waals surface area contributed by atoms with Crippen LogP contribution in [0.1, 0.15) is 23.2 Å². The summed E-state index contributed by atoms with van der Waals surface area (Å²) in [7, 11) is 1.64. The average molecular weight is 383 g/mol. The van der Waals surface area contributed by atoms with E-state index in [-0.39, 0.29) is 23.6 Å². The first-order valence-corrected chi connectivity index (χ1v) is 9.50. The van der Waals surface area contributed by atoms with Crippen LogP contribution in [-0.2, 0) is 11.2 Å². The highest BCUT2D eigenvalue weighted by atomic mass is 16.5. The number of hydrogen-bond donors (Lipinski definition) is 3. The molecule has 2 unspecified atom stereocenters. The van der Waals surface area contributed by atoms with Gasteiger partial charge in [-0.15, -0.1) is 0 Å². The maximum Gasteiger partial charge on any atom is 0.252 e. The van der Waals surface area contributed by atoms with Crippen LogP contribution in [0.3, 0.4) is 0 Å². The van der Waals surface area contributed by atoms with Crippen molar-refractivity contribution >= 4 is 17.5 Å². The van der Waals surface area contributed by atoms with Crippen molar-refractivity contribution < 1.29 is 9.53 Å². The molecule has 0 saturated carbocycles. The number of aromatic amines is 1. The smallest absolute Gasteiger partial charge is 0.252 e. The van der Waals surface area contributed by atoms with Gasteiger partial charge in [0.2, 0.25) is 11.9 Å². The fourth-order valence-corrected chi connectivity index (χ4v) is 3.99. The maximum atomic E-state index is 12.8. The third-order valence-electron chi connectivity index (χ3n) is 5.43. The van der Waals surface area contributed by atoms with E-state index in [2.05, 4.69) is 20.6 Å². The molecule has 8 nitrogen and oxygen atoms in total. The molecule has 148 valence electrons. The summed E-state index contributed by atoms with van der Waals surface area (Å²) in [5.41, 5.74) is 3.78. The number of carbonyl (C=O) groups excluding carboxylic acids is 1. The zero-order chi connectivity index (χ0) is 19.8. The number of amides is 1. The summed E-state index contributed by atoms with van der Waals surface area (Å²) in [5.74, 6) is 1.35. The topological polar surface area (TPSA) is 99.3 Å². The quantitative estimate of drug-likeness (QED) is 0.732.